The second-order valence-electron chi connectivity index (χ2n) is 5.93. The molecule has 1 atom stereocenters. The monoisotopic (exact) mass is 368 g/mol. The molecule has 1 fully saturated rings. The minimum Gasteiger partial charge on any atom is -0.357 e. The molecule has 25 heavy (non-hydrogen) atoms. The maximum absolute atomic E-state index is 12.1. The van der Waals surface area contributed by atoms with Crippen LogP contribution in [0.25, 0.3) is 0 Å². The zero-order valence-corrected chi connectivity index (χ0v) is 15.3. The highest BCUT2D eigenvalue weighted by Crippen LogP contribution is 2.11. The highest BCUT2D eigenvalue weighted by Gasteiger charge is 2.28. The van der Waals surface area contributed by atoms with E-state index in [2.05, 4.69) is 20.5 Å². The van der Waals surface area contributed by atoms with E-state index >= 15 is 0 Å². The number of rotatable bonds is 7. The van der Waals surface area contributed by atoms with Crippen molar-refractivity contribution < 1.29 is 18.0 Å². The van der Waals surface area contributed by atoms with Crippen LogP contribution >= 0.6 is 0 Å². The Hall–Kier alpha value is -2.16. The molecule has 2 amide bonds. The number of aromatic nitrogens is 1. The predicted molar refractivity (Wildman–Crippen MR) is 95.3 cm³/mol. The van der Waals surface area contributed by atoms with Gasteiger partial charge in [-0.05, 0) is 32.4 Å². The molecule has 1 aliphatic heterocycles. The first-order valence-electron chi connectivity index (χ1n) is 8.33. The van der Waals surface area contributed by atoms with E-state index < -0.39 is 21.7 Å². The van der Waals surface area contributed by atoms with E-state index in [4.69, 9.17) is 0 Å². The van der Waals surface area contributed by atoms with E-state index in [0.717, 1.165) is 18.9 Å². The summed E-state index contributed by atoms with van der Waals surface area (Å²) in [5.74, 6) is 0.0517. The SMILES string of the molecule is CCN(CC)c1ccc(C(=O)NCC(=O)N[C@H]2CCS(=O)(=O)C2)cn1. The largest absolute Gasteiger partial charge is 0.357 e. The van der Waals surface area contributed by atoms with Gasteiger partial charge in [0.2, 0.25) is 5.91 Å². The van der Waals surface area contributed by atoms with Crippen molar-refractivity contribution in [2.75, 3.05) is 36.0 Å². The third kappa shape index (κ3) is 5.42. The van der Waals surface area contributed by atoms with Crippen LogP contribution in [0.3, 0.4) is 0 Å². The van der Waals surface area contributed by atoms with Crippen LogP contribution in [-0.4, -0.2) is 62.4 Å². The van der Waals surface area contributed by atoms with Crippen molar-refractivity contribution in [1.82, 2.24) is 15.6 Å². The van der Waals surface area contributed by atoms with Gasteiger partial charge in [-0.2, -0.15) is 0 Å². The molecular weight excluding hydrogens is 344 g/mol. The van der Waals surface area contributed by atoms with Gasteiger partial charge in [0.25, 0.3) is 5.91 Å². The second-order valence-corrected chi connectivity index (χ2v) is 8.16. The van der Waals surface area contributed by atoms with Crippen molar-refractivity contribution >= 4 is 27.5 Å². The van der Waals surface area contributed by atoms with E-state index in [-0.39, 0.29) is 24.1 Å². The normalized spacial score (nSPS) is 18.6. The van der Waals surface area contributed by atoms with E-state index in [1.54, 1.807) is 12.1 Å². The van der Waals surface area contributed by atoms with Crippen LogP contribution in [-0.2, 0) is 14.6 Å². The molecule has 0 aromatic carbocycles. The smallest absolute Gasteiger partial charge is 0.253 e. The molecule has 1 aromatic heterocycles. The number of pyridine rings is 1. The van der Waals surface area contributed by atoms with Crippen LogP contribution in [0.5, 0.6) is 0 Å². The Kier molecular flexibility index (Phi) is 6.35. The van der Waals surface area contributed by atoms with Crippen molar-refractivity contribution in [1.29, 1.82) is 0 Å². The van der Waals surface area contributed by atoms with Crippen molar-refractivity contribution in [2.45, 2.75) is 26.3 Å². The highest BCUT2D eigenvalue weighted by atomic mass is 32.2. The van der Waals surface area contributed by atoms with E-state index in [9.17, 15) is 18.0 Å². The number of anilines is 1. The third-order valence-electron chi connectivity index (χ3n) is 4.10. The molecule has 1 aromatic rings. The van der Waals surface area contributed by atoms with E-state index in [1.807, 2.05) is 13.8 Å². The first-order chi connectivity index (χ1) is 11.8. The van der Waals surface area contributed by atoms with Gasteiger partial charge in [0.1, 0.15) is 5.82 Å². The molecule has 9 heteroatoms. The van der Waals surface area contributed by atoms with Crippen LogP contribution in [0.1, 0.15) is 30.6 Å². The Labute approximate surface area is 147 Å². The molecule has 0 bridgehead atoms. The minimum absolute atomic E-state index is 0.0383. The summed E-state index contributed by atoms with van der Waals surface area (Å²) in [5.41, 5.74) is 0.368. The number of carbonyl (C=O) groups is 2. The van der Waals surface area contributed by atoms with Gasteiger partial charge in [-0.1, -0.05) is 0 Å². The molecular formula is C16H24N4O4S. The maximum atomic E-state index is 12.1. The van der Waals surface area contributed by atoms with Gasteiger partial charge in [0.15, 0.2) is 9.84 Å². The summed E-state index contributed by atoms with van der Waals surface area (Å²) in [4.78, 5) is 30.2. The molecule has 2 N–H and O–H groups in total. The van der Waals surface area contributed by atoms with Gasteiger partial charge in [0.05, 0.1) is 23.6 Å². The summed E-state index contributed by atoms with van der Waals surface area (Å²) in [6, 6.07) is 3.06. The summed E-state index contributed by atoms with van der Waals surface area (Å²) in [6.45, 7) is 5.51. The Morgan fingerprint density at radius 1 is 1.28 bits per heavy atom. The fourth-order valence-corrected chi connectivity index (χ4v) is 4.38. The molecule has 0 unspecified atom stereocenters. The zero-order valence-electron chi connectivity index (χ0n) is 14.5. The number of carbonyl (C=O) groups excluding carboxylic acids is 2. The lowest BCUT2D eigenvalue weighted by molar-refractivity contribution is -0.120. The fraction of sp³-hybridized carbons (Fsp3) is 0.562. The van der Waals surface area contributed by atoms with Gasteiger partial charge in [-0.3, -0.25) is 9.59 Å². The zero-order chi connectivity index (χ0) is 18.4. The number of hydrogen-bond donors (Lipinski definition) is 2. The number of nitrogens with zero attached hydrogens (tertiary/aromatic N) is 2. The van der Waals surface area contributed by atoms with Gasteiger partial charge < -0.3 is 15.5 Å². The molecule has 1 saturated heterocycles. The van der Waals surface area contributed by atoms with Gasteiger partial charge in [-0.25, -0.2) is 13.4 Å². The van der Waals surface area contributed by atoms with Crippen molar-refractivity contribution in [3.63, 3.8) is 0 Å². The standard InChI is InChI=1S/C16H24N4O4S/c1-3-20(4-2)14-6-5-12(9-17-14)16(22)18-10-15(21)19-13-7-8-25(23,24)11-13/h5-6,9,13H,3-4,7-8,10-11H2,1-2H3,(H,18,22)(H,19,21)/t13-/m0/s1. The Morgan fingerprint density at radius 2 is 2.00 bits per heavy atom. The summed E-state index contributed by atoms with van der Waals surface area (Å²) in [6.07, 6.45) is 1.89. The van der Waals surface area contributed by atoms with Crippen LogP contribution < -0.4 is 15.5 Å². The molecule has 2 rings (SSSR count). The van der Waals surface area contributed by atoms with Crippen LogP contribution in [0.15, 0.2) is 18.3 Å². The quantitative estimate of drug-likeness (QED) is 0.699. The number of sulfone groups is 1. The van der Waals surface area contributed by atoms with Crippen molar-refractivity contribution in [3.05, 3.63) is 23.9 Å². The fourth-order valence-electron chi connectivity index (χ4n) is 2.71. The number of hydrogen-bond acceptors (Lipinski definition) is 6. The van der Waals surface area contributed by atoms with Gasteiger partial charge in [0, 0.05) is 25.3 Å². The molecule has 2 heterocycles. The average molecular weight is 368 g/mol. The lowest BCUT2D eigenvalue weighted by Gasteiger charge is -2.19. The molecule has 0 radical (unpaired) electrons. The van der Waals surface area contributed by atoms with Gasteiger partial charge >= 0.3 is 0 Å². The molecule has 0 aliphatic carbocycles. The molecule has 0 saturated carbocycles. The average Bonchev–Trinajstić information content (AvgIpc) is 2.93. The predicted octanol–water partition coefficient (Wildman–Crippen LogP) is -0.0391. The number of amides is 2. The summed E-state index contributed by atoms with van der Waals surface area (Å²) < 4.78 is 22.7. The topological polar surface area (TPSA) is 108 Å². The molecule has 8 nitrogen and oxygen atoms in total. The summed E-state index contributed by atoms with van der Waals surface area (Å²) >= 11 is 0. The second kappa shape index (κ2) is 8.28. The lowest BCUT2D eigenvalue weighted by Crippen LogP contribution is -2.42. The number of nitrogens with one attached hydrogen (secondary N) is 2. The van der Waals surface area contributed by atoms with Gasteiger partial charge in [-0.15, -0.1) is 0 Å². The Morgan fingerprint density at radius 3 is 2.52 bits per heavy atom. The third-order valence-corrected chi connectivity index (χ3v) is 5.87. The van der Waals surface area contributed by atoms with Crippen molar-refractivity contribution in [2.24, 2.45) is 0 Å². The van der Waals surface area contributed by atoms with Crippen molar-refractivity contribution in [3.8, 4) is 0 Å². The highest BCUT2D eigenvalue weighted by molar-refractivity contribution is 7.91. The van der Waals surface area contributed by atoms with Crippen LogP contribution in [0.2, 0.25) is 0 Å². The van der Waals surface area contributed by atoms with E-state index in [1.165, 1.54) is 6.20 Å². The van der Waals surface area contributed by atoms with Crippen LogP contribution in [0, 0.1) is 0 Å². The molecule has 1 aliphatic rings. The Bertz CT molecular complexity index is 714. The molecule has 138 valence electrons. The summed E-state index contributed by atoms with van der Waals surface area (Å²) in [5, 5.41) is 5.14. The molecule has 0 spiro atoms. The Balaban J connectivity index is 1.82. The first kappa shape index (κ1) is 19.2. The minimum atomic E-state index is -3.05. The summed E-state index contributed by atoms with van der Waals surface area (Å²) in [7, 11) is -3.05. The van der Waals surface area contributed by atoms with Crippen LogP contribution in [0.4, 0.5) is 5.82 Å². The first-order valence-corrected chi connectivity index (χ1v) is 10.2. The van der Waals surface area contributed by atoms with E-state index in [0.29, 0.717) is 12.0 Å². The lowest BCUT2D eigenvalue weighted by atomic mass is 10.2. The maximum Gasteiger partial charge on any atom is 0.253 e.